The molecule has 1 aliphatic heterocycles. The molecule has 0 radical (unpaired) electrons. The number of benzene rings is 2. The lowest BCUT2D eigenvalue weighted by Gasteiger charge is -2.18. The van der Waals surface area contributed by atoms with Gasteiger partial charge in [0.15, 0.2) is 11.6 Å². The Labute approximate surface area is 111 Å². The number of aryl methyl sites for hydroxylation is 1. The molecule has 0 fully saturated rings. The van der Waals surface area contributed by atoms with Crippen molar-refractivity contribution in [3.05, 3.63) is 64.7 Å². The first-order valence-corrected chi connectivity index (χ1v) is 6.52. The monoisotopic (exact) mass is 259 g/mol. The van der Waals surface area contributed by atoms with Crippen LogP contribution in [-0.2, 0) is 12.8 Å². The molecule has 0 spiro atoms. The minimum atomic E-state index is -0.780. The van der Waals surface area contributed by atoms with Crippen molar-refractivity contribution < 1.29 is 8.78 Å². The van der Waals surface area contributed by atoms with Crippen LogP contribution in [0.15, 0.2) is 36.4 Å². The molecule has 2 aromatic rings. The van der Waals surface area contributed by atoms with E-state index in [0.717, 1.165) is 36.7 Å². The summed E-state index contributed by atoms with van der Waals surface area (Å²) in [6.07, 6.45) is 2.59. The molecule has 0 bridgehead atoms. The Morgan fingerprint density at radius 2 is 2.00 bits per heavy atom. The quantitative estimate of drug-likeness (QED) is 0.862. The van der Waals surface area contributed by atoms with Gasteiger partial charge in [-0.05, 0) is 41.7 Å². The highest BCUT2D eigenvalue weighted by atomic mass is 19.2. The molecule has 0 saturated carbocycles. The zero-order valence-corrected chi connectivity index (χ0v) is 10.5. The molecule has 2 aromatic carbocycles. The molecule has 19 heavy (non-hydrogen) atoms. The van der Waals surface area contributed by atoms with E-state index in [0.29, 0.717) is 12.0 Å². The van der Waals surface area contributed by atoms with Crippen LogP contribution >= 0.6 is 0 Å². The molecule has 0 amide bonds. The Morgan fingerprint density at radius 1 is 1.11 bits per heavy atom. The van der Waals surface area contributed by atoms with Crippen molar-refractivity contribution in [2.24, 2.45) is 0 Å². The summed E-state index contributed by atoms with van der Waals surface area (Å²) >= 11 is 0. The van der Waals surface area contributed by atoms with Gasteiger partial charge in [-0.25, -0.2) is 8.78 Å². The topological polar surface area (TPSA) is 12.0 Å². The summed E-state index contributed by atoms with van der Waals surface area (Å²) in [5.41, 5.74) is 3.85. The predicted molar refractivity (Wildman–Crippen MR) is 72.4 cm³/mol. The number of halogens is 2. The lowest BCUT2D eigenvalue weighted by atomic mass is 9.97. The van der Waals surface area contributed by atoms with Crippen LogP contribution in [0.1, 0.15) is 23.1 Å². The number of anilines is 1. The number of fused-ring (bicyclic) bond motifs is 1. The van der Waals surface area contributed by atoms with Crippen LogP contribution in [0.3, 0.4) is 0 Å². The van der Waals surface area contributed by atoms with Crippen LogP contribution in [0.4, 0.5) is 14.5 Å². The summed E-state index contributed by atoms with van der Waals surface area (Å²) in [5.74, 6) is -1.52. The van der Waals surface area contributed by atoms with Crippen molar-refractivity contribution >= 4 is 5.69 Å². The van der Waals surface area contributed by atoms with E-state index in [1.807, 2.05) is 12.1 Å². The highest BCUT2D eigenvalue weighted by Gasteiger charge is 2.11. The van der Waals surface area contributed by atoms with Gasteiger partial charge in [0, 0.05) is 18.7 Å². The summed E-state index contributed by atoms with van der Waals surface area (Å²) in [5, 5.41) is 3.34. The molecular weight excluding hydrogens is 244 g/mol. The minimum Gasteiger partial charge on any atom is -0.385 e. The van der Waals surface area contributed by atoms with Crippen molar-refractivity contribution in [2.75, 3.05) is 11.9 Å². The maximum Gasteiger partial charge on any atom is 0.162 e. The smallest absolute Gasteiger partial charge is 0.162 e. The first-order valence-electron chi connectivity index (χ1n) is 6.52. The van der Waals surface area contributed by atoms with E-state index in [1.165, 1.54) is 5.56 Å². The van der Waals surface area contributed by atoms with Crippen molar-refractivity contribution in [2.45, 2.75) is 19.3 Å². The molecule has 1 nitrogen and oxygen atoms in total. The van der Waals surface area contributed by atoms with Crippen molar-refractivity contribution in [1.82, 2.24) is 0 Å². The highest BCUT2D eigenvalue weighted by molar-refractivity contribution is 5.54. The van der Waals surface area contributed by atoms with Crippen LogP contribution in [0.25, 0.3) is 0 Å². The summed E-state index contributed by atoms with van der Waals surface area (Å²) in [7, 11) is 0. The molecule has 0 saturated heterocycles. The molecule has 0 unspecified atom stereocenters. The van der Waals surface area contributed by atoms with Crippen molar-refractivity contribution in [3.8, 4) is 0 Å². The first-order chi connectivity index (χ1) is 9.24. The molecule has 0 atom stereocenters. The molecule has 0 aliphatic carbocycles. The normalized spacial score (nSPS) is 13.8. The number of hydrogen-bond donors (Lipinski definition) is 1. The van der Waals surface area contributed by atoms with Gasteiger partial charge in [-0.15, -0.1) is 0 Å². The second-order valence-corrected chi connectivity index (χ2v) is 4.91. The largest absolute Gasteiger partial charge is 0.385 e. The number of hydrogen-bond acceptors (Lipinski definition) is 1. The van der Waals surface area contributed by atoms with Crippen molar-refractivity contribution in [3.63, 3.8) is 0 Å². The third-order valence-electron chi connectivity index (χ3n) is 3.53. The van der Waals surface area contributed by atoms with E-state index in [1.54, 1.807) is 12.1 Å². The molecular formula is C16H15F2N. The standard InChI is InChI=1S/C16H15F2N/c17-14-5-1-3-13(16(14)18)10-11-6-7-15-12(9-11)4-2-8-19-15/h1,3,5-7,9,19H,2,4,8,10H2. The fraction of sp³-hybridized carbons (Fsp3) is 0.250. The predicted octanol–water partition coefficient (Wildman–Crippen LogP) is 3.91. The van der Waals surface area contributed by atoms with Gasteiger partial charge in [-0.3, -0.25) is 0 Å². The Bertz CT molecular complexity index is 608. The zero-order chi connectivity index (χ0) is 13.2. The average Bonchev–Trinajstić information content (AvgIpc) is 2.44. The third kappa shape index (κ3) is 2.46. The Kier molecular flexibility index (Phi) is 3.20. The molecule has 1 aliphatic rings. The summed E-state index contributed by atoms with van der Waals surface area (Å²) in [6, 6.07) is 10.4. The molecule has 98 valence electrons. The van der Waals surface area contributed by atoms with E-state index in [-0.39, 0.29) is 0 Å². The van der Waals surface area contributed by atoms with E-state index in [2.05, 4.69) is 11.4 Å². The van der Waals surface area contributed by atoms with E-state index >= 15 is 0 Å². The maximum atomic E-state index is 13.6. The van der Waals surface area contributed by atoms with Gasteiger partial charge in [0.1, 0.15) is 0 Å². The van der Waals surface area contributed by atoms with E-state index in [4.69, 9.17) is 0 Å². The molecule has 3 heteroatoms. The van der Waals surface area contributed by atoms with Gasteiger partial charge >= 0.3 is 0 Å². The van der Waals surface area contributed by atoms with Crippen LogP contribution in [0.2, 0.25) is 0 Å². The van der Waals surface area contributed by atoms with Gasteiger partial charge in [0.25, 0.3) is 0 Å². The number of nitrogens with one attached hydrogen (secondary N) is 1. The SMILES string of the molecule is Fc1cccc(Cc2ccc3c(c2)CCCN3)c1F. The van der Waals surface area contributed by atoms with E-state index in [9.17, 15) is 8.78 Å². The minimum absolute atomic E-state index is 0.406. The second kappa shape index (κ2) is 5.00. The molecule has 1 heterocycles. The fourth-order valence-corrected chi connectivity index (χ4v) is 2.54. The van der Waals surface area contributed by atoms with Crippen molar-refractivity contribution in [1.29, 1.82) is 0 Å². The highest BCUT2D eigenvalue weighted by Crippen LogP contribution is 2.24. The first kappa shape index (κ1) is 12.2. The van der Waals surface area contributed by atoms with Gasteiger partial charge in [0.2, 0.25) is 0 Å². The third-order valence-corrected chi connectivity index (χ3v) is 3.53. The van der Waals surface area contributed by atoms with Gasteiger partial charge in [-0.2, -0.15) is 0 Å². The lowest BCUT2D eigenvalue weighted by Crippen LogP contribution is -2.11. The zero-order valence-electron chi connectivity index (χ0n) is 10.5. The number of rotatable bonds is 2. The van der Waals surface area contributed by atoms with Crippen LogP contribution < -0.4 is 5.32 Å². The summed E-state index contributed by atoms with van der Waals surface area (Å²) in [4.78, 5) is 0. The van der Waals surface area contributed by atoms with Gasteiger partial charge in [0.05, 0.1) is 0 Å². The lowest BCUT2D eigenvalue weighted by molar-refractivity contribution is 0.501. The van der Waals surface area contributed by atoms with Crippen LogP contribution in [0, 0.1) is 11.6 Å². The average molecular weight is 259 g/mol. The van der Waals surface area contributed by atoms with E-state index < -0.39 is 11.6 Å². The second-order valence-electron chi connectivity index (χ2n) is 4.91. The molecule has 1 N–H and O–H groups in total. The van der Waals surface area contributed by atoms with Gasteiger partial charge in [-0.1, -0.05) is 24.3 Å². The van der Waals surface area contributed by atoms with Crippen LogP contribution in [-0.4, -0.2) is 6.54 Å². The Balaban J connectivity index is 1.89. The molecule has 0 aromatic heterocycles. The maximum absolute atomic E-state index is 13.6. The van der Waals surface area contributed by atoms with Crippen LogP contribution in [0.5, 0.6) is 0 Å². The Hall–Kier alpha value is -1.90. The fourth-order valence-electron chi connectivity index (χ4n) is 2.54. The molecule has 3 rings (SSSR count). The summed E-state index contributed by atoms with van der Waals surface area (Å²) < 4.78 is 26.8. The van der Waals surface area contributed by atoms with Gasteiger partial charge < -0.3 is 5.32 Å². The summed E-state index contributed by atoms with van der Waals surface area (Å²) in [6.45, 7) is 1.00. The Morgan fingerprint density at radius 3 is 2.89 bits per heavy atom.